The topological polar surface area (TPSA) is 29.0 Å². The third-order valence-electron chi connectivity index (χ3n) is 5.83. The summed E-state index contributed by atoms with van der Waals surface area (Å²) in [5.74, 6) is 0. The van der Waals surface area contributed by atoms with Crippen molar-refractivity contribution in [1.82, 2.24) is 0 Å². The molecule has 0 atom stereocenters. The molecule has 0 fully saturated rings. The maximum atomic E-state index is 3.90. The van der Waals surface area contributed by atoms with Crippen LogP contribution < -0.4 is 27.2 Å². The summed E-state index contributed by atoms with van der Waals surface area (Å²) in [6.45, 7) is 2.17. The molecule has 0 unspecified atom stereocenters. The largest absolute Gasteiger partial charge is 0.303 e. The fourth-order valence-corrected chi connectivity index (χ4v) is 4.49. The predicted molar refractivity (Wildman–Crippen MR) is 130 cm³/mol. The van der Waals surface area contributed by atoms with Crippen LogP contribution in [-0.2, 0) is 0 Å². The summed E-state index contributed by atoms with van der Waals surface area (Å²) < 4.78 is 0. The number of aliphatic imine (C=N–C) groups is 1. The van der Waals surface area contributed by atoms with Gasteiger partial charge in [0.2, 0.25) is 0 Å². The van der Waals surface area contributed by atoms with E-state index in [4.69, 9.17) is 0 Å². The first-order valence-electron chi connectivity index (χ1n) is 10.6. The fourth-order valence-electron chi connectivity index (χ4n) is 4.49. The number of hydrogen-bond acceptors (Lipinski definition) is 1. The SMILES string of the molecule is C1=NCC[NH2+]1.c1ccc([B-](c2ccccc2)(c2ccccc2)c2ccccc2)cc1. The molecule has 0 saturated carbocycles. The molecule has 0 bridgehead atoms. The van der Waals surface area contributed by atoms with Gasteiger partial charge < -0.3 is 5.32 Å². The normalized spacial score (nSPS) is 12.8. The molecule has 2 nitrogen and oxygen atoms in total. The highest BCUT2D eigenvalue weighted by atomic mass is 15.0. The smallest absolute Gasteiger partial charge is 0.182 e. The van der Waals surface area contributed by atoms with Crippen LogP contribution in [0.3, 0.4) is 0 Å². The van der Waals surface area contributed by atoms with E-state index in [1.807, 2.05) is 6.34 Å². The number of quaternary nitrogens is 1. The Morgan fingerprint density at radius 2 is 0.833 bits per heavy atom. The molecular weight excluding hydrogens is 363 g/mol. The van der Waals surface area contributed by atoms with Crippen LogP contribution in [0, 0.1) is 0 Å². The lowest BCUT2D eigenvalue weighted by atomic mass is 9.13. The molecule has 4 aromatic rings. The Morgan fingerprint density at radius 1 is 0.500 bits per heavy atom. The number of nitrogens with zero attached hydrogens (tertiary/aromatic N) is 1. The molecule has 0 saturated heterocycles. The second kappa shape index (κ2) is 9.86. The molecular formula is C27H27BN2. The van der Waals surface area contributed by atoms with Gasteiger partial charge in [-0.15, -0.1) is 0 Å². The molecule has 0 amide bonds. The van der Waals surface area contributed by atoms with Crippen LogP contribution in [0.5, 0.6) is 0 Å². The van der Waals surface area contributed by atoms with Crippen LogP contribution in [0.1, 0.15) is 0 Å². The van der Waals surface area contributed by atoms with Crippen molar-refractivity contribution < 1.29 is 5.32 Å². The molecule has 30 heavy (non-hydrogen) atoms. The molecule has 1 aliphatic heterocycles. The molecule has 4 aromatic carbocycles. The van der Waals surface area contributed by atoms with Crippen LogP contribution in [-0.4, -0.2) is 25.6 Å². The van der Waals surface area contributed by atoms with Gasteiger partial charge in [-0.1, -0.05) is 121 Å². The average molecular weight is 390 g/mol. The van der Waals surface area contributed by atoms with Gasteiger partial charge in [0.05, 0.1) is 6.54 Å². The highest BCUT2D eigenvalue weighted by molar-refractivity contribution is 7.19. The van der Waals surface area contributed by atoms with Gasteiger partial charge in [-0.2, -0.15) is 21.9 Å². The first kappa shape index (κ1) is 19.9. The quantitative estimate of drug-likeness (QED) is 0.514. The summed E-state index contributed by atoms with van der Waals surface area (Å²) in [7, 11) is 0. The number of nitrogens with two attached hydrogens (primary N) is 1. The van der Waals surface area contributed by atoms with Gasteiger partial charge in [0.25, 0.3) is 0 Å². The van der Waals surface area contributed by atoms with E-state index in [2.05, 4.69) is 132 Å². The van der Waals surface area contributed by atoms with Crippen molar-refractivity contribution in [1.29, 1.82) is 0 Å². The van der Waals surface area contributed by atoms with E-state index in [9.17, 15) is 0 Å². The minimum atomic E-state index is -1.22. The van der Waals surface area contributed by atoms with Crippen molar-refractivity contribution in [3.05, 3.63) is 121 Å². The summed E-state index contributed by atoms with van der Waals surface area (Å²) >= 11 is 0. The Kier molecular flexibility index (Phi) is 6.53. The maximum absolute atomic E-state index is 3.90. The minimum absolute atomic E-state index is 1.01. The van der Waals surface area contributed by atoms with Gasteiger partial charge >= 0.3 is 0 Å². The van der Waals surface area contributed by atoms with Crippen LogP contribution in [0.2, 0.25) is 0 Å². The van der Waals surface area contributed by atoms with Crippen molar-refractivity contribution >= 4 is 34.3 Å². The van der Waals surface area contributed by atoms with Crippen LogP contribution in [0.15, 0.2) is 126 Å². The van der Waals surface area contributed by atoms with Crippen LogP contribution in [0.25, 0.3) is 0 Å². The molecule has 1 heterocycles. The van der Waals surface area contributed by atoms with E-state index in [1.54, 1.807) is 0 Å². The van der Waals surface area contributed by atoms with E-state index in [0.29, 0.717) is 0 Å². The van der Waals surface area contributed by atoms with E-state index in [0.717, 1.165) is 13.1 Å². The highest BCUT2D eigenvalue weighted by Gasteiger charge is 2.30. The molecule has 0 aromatic heterocycles. The summed E-state index contributed by atoms with van der Waals surface area (Å²) in [5, 5.41) is 2.07. The molecule has 0 spiro atoms. The fraction of sp³-hybridized carbons (Fsp3) is 0.0741. The van der Waals surface area contributed by atoms with E-state index in [-0.39, 0.29) is 0 Å². The summed E-state index contributed by atoms with van der Waals surface area (Å²) in [6, 6.07) is 43.5. The average Bonchev–Trinajstić information content (AvgIpc) is 3.43. The first-order chi connectivity index (χ1) is 14.9. The third-order valence-corrected chi connectivity index (χ3v) is 5.83. The van der Waals surface area contributed by atoms with E-state index < -0.39 is 6.15 Å². The van der Waals surface area contributed by atoms with Crippen molar-refractivity contribution in [3.63, 3.8) is 0 Å². The lowest BCUT2D eigenvalue weighted by Crippen LogP contribution is -2.80. The number of benzene rings is 4. The standard InChI is InChI=1S/C24H20B.C3H6N2/c1-5-13-21(14-6-1)25(22-15-7-2-8-16-22,23-17-9-3-10-18-23)24-19-11-4-12-20-24;1-2-5-3-4-1/h1-20H;3H,1-2H2,(H,4,5)/q-1;/p+1. The molecule has 148 valence electrons. The third kappa shape index (κ3) is 4.12. The molecule has 0 radical (unpaired) electrons. The van der Waals surface area contributed by atoms with Crippen molar-refractivity contribution in [2.24, 2.45) is 4.99 Å². The van der Waals surface area contributed by atoms with Gasteiger partial charge in [-0.05, 0) is 0 Å². The second-order valence-electron chi connectivity index (χ2n) is 7.59. The number of hydrogen-bond donors (Lipinski definition) is 1. The maximum Gasteiger partial charge on any atom is 0.182 e. The minimum Gasteiger partial charge on any atom is -0.303 e. The summed E-state index contributed by atoms with van der Waals surface area (Å²) in [5.41, 5.74) is 5.36. The van der Waals surface area contributed by atoms with Gasteiger partial charge in [0.1, 0.15) is 12.7 Å². The lowest BCUT2D eigenvalue weighted by molar-refractivity contribution is -0.518. The Bertz CT molecular complexity index is 880. The van der Waals surface area contributed by atoms with Gasteiger partial charge in [0.15, 0.2) is 6.34 Å². The zero-order valence-corrected chi connectivity index (χ0v) is 17.1. The zero-order valence-electron chi connectivity index (χ0n) is 17.1. The second-order valence-corrected chi connectivity index (χ2v) is 7.59. The first-order valence-corrected chi connectivity index (χ1v) is 10.6. The molecule has 5 rings (SSSR count). The Balaban J connectivity index is 0.000000383. The van der Waals surface area contributed by atoms with Crippen molar-refractivity contribution in [2.45, 2.75) is 0 Å². The van der Waals surface area contributed by atoms with Gasteiger partial charge in [-0.25, -0.2) is 4.99 Å². The number of rotatable bonds is 4. The van der Waals surface area contributed by atoms with Crippen LogP contribution >= 0.6 is 0 Å². The Hall–Kier alpha value is -3.43. The monoisotopic (exact) mass is 390 g/mol. The van der Waals surface area contributed by atoms with Gasteiger partial charge in [-0.3, -0.25) is 0 Å². The Morgan fingerprint density at radius 3 is 1.03 bits per heavy atom. The van der Waals surface area contributed by atoms with Crippen LogP contribution in [0.4, 0.5) is 0 Å². The van der Waals surface area contributed by atoms with Crippen molar-refractivity contribution in [2.75, 3.05) is 13.1 Å². The summed E-state index contributed by atoms with van der Waals surface area (Å²) in [4.78, 5) is 3.90. The molecule has 3 heteroatoms. The van der Waals surface area contributed by atoms with E-state index in [1.165, 1.54) is 21.9 Å². The van der Waals surface area contributed by atoms with Crippen molar-refractivity contribution in [3.8, 4) is 0 Å². The summed E-state index contributed by atoms with van der Waals surface area (Å²) in [6.07, 6.45) is 0.646. The Labute approximate surface area is 179 Å². The highest BCUT2D eigenvalue weighted by Crippen LogP contribution is 2.09. The molecule has 1 aliphatic rings. The van der Waals surface area contributed by atoms with E-state index >= 15 is 0 Å². The zero-order chi connectivity index (χ0) is 20.5. The van der Waals surface area contributed by atoms with Gasteiger partial charge in [0, 0.05) is 0 Å². The predicted octanol–water partition coefficient (Wildman–Crippen LogP) is 1.66. The lowest BCUT2D eigenvalue weighted by Gasteiger charge is -2.44. The molecule has 0 aliphatic carbocycles. The molecule has 2 N–H and O–H groups in total.